The summed E-state index contributed by atoms with van der Waals surface area (Å²) in [6, 6.07) is 0. The number of rotatable bonds is 12. The fraction of sp³-hybridized carbons (Fsp3) is 0.867. The Balaban J connectivity index is 3.61. The van der Waals surface area contributed by atoms with Crippen LogP contribution in [0.25, 0.3) is 0 Å². The second-order valence-electron chi connectivity index (χ2n) is 4.99. The first-order valence-corrected chi connectivity index (χ1v) is 7.61. The van der Waals surface area contributed by atoms with Crippen LogP contribution in [-0.2, 0) is 9.59 Å². The minimum atomic E-state index is -0.845. The molecule has 0 aliphatic rings. The third-order valence-electron chi connectivity index (χ3n) is 3.32. The SMILES string of the molecule is CCCCCCCCCC(=O)N(CC)CCC(=O)O. The minimum absolute atomic E-state index is 0.0383. The van der Waals surface area contributed by atoms with E-state index in [9.17, 15) is 9.59 Å². The van der Waals surface area contributed by atoms with Crippen molar-refractivity contribution in [1.29, 1.82) is 0 Å². The van der Waals surface area contributed by atoms with Gasteiger partial charge in [0.15, 0.2) is 0 Å². The monoisotopic (exact) mass is 271 g/mol. The molecule has 0 saturated carbocycles. The first-order valence-electron chi connectivity index (χ1n) is 7.61. The number of aliphatic carboxylic acids is 1. The zero-order chi connectivity index (χ0) is 14.5. The molecule has 0 aromatic heterocycles. The van der Waals surface area contributed by atoms with Crippen molar-refractivity contribution in [2.24, 2.45) is 0 Å². The predicted octanol–water partition coefficient (Wildman–Crippen LogP) is 3.45. The van der Waals surface area contributed by atoms with Crippen molar-refractivity contribution in [2.75, 3.05) is 13.1 Å². The Kier molecular flexibility index (Phi) is 11.3. The molecule has 0 heterocycles. The molecule has 1 N–H and O–H groups in total. The summed E-state index contributed by atoms with van der Waals surface area (Å²) in [5, 5.41) is 8.62. The van der Waals surface area contributed by atoms with E-state index in [-0.39, 0.29) is 12.3 Å². The van der Waals surface area contributed by atoms with Gasteiger partial charge in [0, 0.05) is 19.5 Å². The number of carbonyl (C=O) groups is 2. The maximum atomic E-state index is 11.9. The molecule has 0 fully saturated rings. The number of hydrogen-bond donors (Lipinski definition) is 1. The van der Waals surface area contributed by atoms with Crippen molar-refractivity contribution in [3.05, 3.63) is 0 Å². The number of carbonyl (C=O) groups excluding carboxylic acids is 1. The van der Waals surface area contributed by atoms with E-state index in [1.54, 1.807) is 4.90 Å². The number of carboxylic acids is 1. The van der Waals surface area contributed by atoms with Crippen LogP contribution in [0.1, 0.15) is 71.6 Å². The Morgan fingerprint density at radius 3 is 2.00 bits per heavy atom. The predicted molar refractivity (Wildman–Crippen MR) is 77.1 cm³/mol. The molecule has 0 radical (unpaired) electrons. The zero-order valence-corrected chi connectivity index (χ0v) is 12.5. The van der Waals surface area contributed by atoms with Crippen LogP contribution < -0.4 is 0 Å². The van der Waals surface area contributed by atoms with E-state index in [0.717, 1.165) is 12.8 Å². The van der Waals surface area contributed by atoms with Crippen molar-refractivity contribution in [3.63, 3.8) is 0 Å². The van der Waals surface area contributed by atoms with Crippen LogP contribution in [0.15, 0.2) is 0 Å². The Morgan fingerprint density at radius 2 is 1.47 bits per heavy atom. The standard InChI is InChI=1S/C15H29NO3/c1-3-5-6-7-8-9-10-11-14(17)16(4-2)13-12-15(18)19/h3-13H2,1-2H3,(H,18,19). The van der Waals surface area contributed by atoms with Crippen LogP contribution in [0, 0.1) is 0 Å². The van der Waals surface area contributed by atoms with Crippen molar-refractivity contribution in [2.45, 2.75) is 71.6 Å². The summed E-state index contributed by atoms with van der Waals surface area (Å²) in [6.45, 7) is 5.03. The highest BCUT2D eigenvalue weighted by atomic mass is 16.4. The molecular formula is C15H29NO3. The summed E-state index contributed by atoms with van der Waals surface area (Å²) in [4.78, 5) is 24.0. The largest absolute Gasteiger partial charge is 0.481 e. The molecule has 0 saturated heterocycles. The van der Waals surface area contributed by atoms with E-state index in [2.05, 4.69) is 6.92 Å². The van der Waals surface area contributed by atoms with E-state index < -0.39 is 5.97 Å². The van der Waals surface area contributed by atoms with Gasteiger partial charge in [0.2, 0.25) is 5.91 Å². The lowest BCUT2D eigenvalue weighted by molar-refractivity contribution is -0.138. The van der Waals surface area contributed by atoms with E-state index in [1.165, 1.54) is 32.1 Å². The summed E-state index contributed by atoms with van der Waals surface area (Å²) in [5.41, 5.74) is 0. The highest BCUT2D eigenvalue weighted by Gasteiger charge is 2.12. The lowest BCUT2D eigenvalue weighted by atomic mass is 10.1. The van der Waals surface area contributed by atoms with Gasteiger partial charge in [-0.25, -0.2) is 0 Å². The molecular weight excluding hydrogens is 242 g/mol. The number of carboxylic acid groups (broad SMARTS) is 1. The molecule has 0 aromatic carbocycles. The van der Waals surface area contributed by atoms with Crippen molar-refractivity contribution >= 4 is 11.9 Å². The molecule has 1 amide bonds. The third kappa shape index (κ3) is 10.5. The second kappa shape index (κ2) is 12.0. The average molecular weight is 271 g/mol. The van der Waals surface area contributed by atoms with Gasteiger partial charge in [-0.1, -0.05) is 45.4 Å². The first kappa shape index (κ1) is 17.9. The molecule has 19 heavy (non-hydrogen) atoms. The number of unbranched alkanes of at least 4 members (excludes halogenated alkanes) is 6. The molecule has 0 aliphatic carbocycles. The molecule has 0 spiro atoms. The Bertz CT molecular complexity index is 254. The molecule has 4 nitrogen and oxygen atoms in total. The number of amides is 1. The Hall–Kier alpha value is -1.06. The van der Waals surface area contributed by atoms with Gasteiger partial charge >= 0.3 is 5.97 Å². The number of nitrogens with zero attached hydrogens (tertiary/aromatic N) is 1. The first-order chi connectivity index (χ1) is 9.11. The van der Waals surface area contributed by atoms with E-state index in [0.29, 0.717) is 19.5 Å². The van der Waals surface area contributed by atoms with Gasteiger partial charge in [0.05, 0.1) is 6.42 Å². The lowest BCUT2D eigenvalue weighted by Crippen LogP contribution is -2.32. The van der Waals surface area contributed by atoms with Gasteiger partial charge in [0.25, 0.3) is 0 Å². The fourth-order valence-corrected chi connectivity index (χ4v) is 2.08. The maximum Gasteiger partial charge on any atom is 0.305 e. The molecule has 0 aromatic rings. The van der Waals surface area contributed by atoms with Crippen LogP contribution in [0.4, 0.5) is 0 Å². The quantitative estimate of drug-likeness (QED) is 0.553. The molecule has 0 aliphatic heterocycles. The normalized spacial score (nSPS) is 10.4. The van der Waals surface area contributed by atoms with Gasteiger partial charge in [-0.05, 0) is 13.3 Å². The lowest BCUT2D eigenvalue weighted by Gasteiger charge is -2.19. The summed E-state index contributed by atoms with van der Waals surface area (Å²) >= 11 is 0. The van der Waals surface area contributed by atoms with Crippen LogP contribution in [0.3, 0.4) is 0 Å². The summed E-state index contributed by atoms with van der Waals surface area (Å²) in [5.74, 6) is -0.750. The van der Waals surface area contributed by atoms with Crippen molar-refractivity contribution < 1.29 is 14.7 Å². The number of hydrogen-bond acceptors (Lipinski definition) is 2. The highest BCUT2D eigenvalue weighted by molar-refractivity contribution is 5.76. The third-order valence-corrected chi connectivity index (χ3v) is 3.32. The molecule has 0 rings (SSSR count). The second-order valence-corrected chi connectivity index (χ2v) is 4.99. The smallest absolute Gasteiger partial charge is 0.305 e. The van der Waals surface area contributed by atoms with E-state index in [1.807, 2.05) is 6.92 Å². The van der Waals surface area contributed by atoms with Gasteiger partial charge in [-0.3, -0.25) is 9.59 Å². The van der Waals surface area contributed by atoms with Crippen molar-refractivity contribution in [3.8, 4) is 0 Å². The fourth-order valence-electron chi connectivity index (χ4n) is 2.08. The minimum Gasteiger partial charge on any atom is -0.481 e. The summed E-state index contributed by atoms with van der Waals surface area (Å²) in [6.07, 6.45) is 8.95. The zero-order valence-electron chi connectivity index (χ0n) is 12.5. The van der Waals surface area contributed by atoms with E-state index >= 15 is 0 Å². The maximum absolute atomic E-state index is 11.9. The Labute approximate surface area is 117 Å². The average Bonchev–Trinajstić information content (AvgIpc) is 2.38. The molecule has 0 unspecified atom stereocenters. The van der Waals surface area contributed by atoms with Gasteiger partial charge in [-0.15, -0.1) is 0 Å². The summed E-state index contributed by atoms with van der Waals surface area (Å²) < 4.78 is 0. The van der Waals surface area contributed by atoms with Crippen LogP contribution in [0.5, 0.6) is 0 Å². The Morgan fingerprint density at radius 1 is 0.895 bits per heavy atom. The van der Waals surface area contributed by atoms with Gasteiger partial charge < -0.3 is 10.0 Å². The molecule has 0 bridgehead atoms. The van der Waals surface area contributed by atoms with E-state index in [4.69, 9.17) is 5.11 Å². The van der Waals surface area contributed by atoms with Crippen LogP contribution >= 0.6 is 0 Å². The molecule has 0 atom stereocenters. The van der Waals surface area contributed by atoms with Crippen LogP contribution in [-0.4, -0.2) is 35.0 Å². The molecule has 112 valence electrons. The van der Waals surface area contributed by atoms with Crippen molar-refractivity contribution in [1.82, 2.24) is 4.90 Å². The highest BCUT2D eigenvalue weighted by Crippen LogP contribution is 2.09. The summed E-state index contributed by atoms with van der Waals surface area (Å²) in [7, 11) is 0. The van der Waals surface area contributed by atoms with Gasteiger partial charge in [-0.2, -0.15) is 0 Å². The molecule has 4 heteroatoms. The van der Waals surface area contributed by atoms with Crippen LogP contribution in [0.2, 0.25) is 0 Å². The van der Waals surface area contributed by atoms with Gasteiger partial charge in [0.1, 0.15) is 0 Å². The topological polar surface area (TPSA) is 57.6 Å².